The molecule has 1 N–H and O–H groups in total. The highest BCUT2D eigenvalue weighted by Crippen LogP contribution is 2.41. The van der Waals surface area contributed by atoms with Crippen LogP contribution in [0.1, 0.15) is 54.4 Å². The zero-order valence-corrected chi connectivity index (χ0v) is 18.3. The number of hydrogen-bond acceptors (Lipinski definition) is 4. The van der Waals surface area contributed by atoms with Crippen molar-refractivity contribution >= 4 is 16.9 Å². The maximum Gasteiger partial charge on any atom is 0.256 e. The molecule has 0 aliphatic carbocycles. The number of pyridine rings is 1. The third kappa shape index (κ3) is 4.09. The quantitative estimate of drug-likeness (QED) is 0.696. The average molecular weight is 418 g/mol. The number of benzene rings is 1. The van der Waals surface area contributed by atoms with Gasteiger partial charge in [-0.05, 0) is 68.0 Å². The normalized spacial score (nSPS) is 19.2. The Hall–Kier alpha value is -2.73. The van der Waals surface area contributed by atoms with Gasteiger partial charge in [0.1, 0.15) is 11.3 Å². The van der Waals surface area contributed by atoms with Crippen LogP contribution in [-0.2, 0) is 13.0 Å². The molecule has 6 heteroatoms. The van der Waals surface area contributed by atoms with Crippen LogP contribution in [0.15, 0.2) is 42.7 Å². The minimum Gasteiger partial charge on any atom is -0.342 e. The molecule has 2 saturated heterocycles. The number of nitrogens with one attached hydrogen (secondary N) is 1. The molecule has 3 aromatic rings. The highest BCUT2D eigenvalue weighted by atomic mass is 16.2. The van der Waals surface area contributed by atoms with Crippen molar-refractivity contribution in [3.8, 4) is 0 Å². The molecule has 1 amide bonds. The maximum absolute atomic E-state index is 13.3. The molecule has 6 nitrogen and oxygen atoms in total. The lowest BCUT2D eigenvalue weighted by Gasteiger charge is -2.47. The van der Waals surface area contributed by atoms with Crippen molar-refractivity contribution in [2.45, 2.75) is 45.6 Å². The number of H-pyrrole nitrogens is 1. The molecule has 1 aromatic carbocycles. The van der Waals surface area contributed by atoms with E-state index in [2.05, 4.69) is 32.8 Å². The van der Waals surface area contributed by atoms with Crippen molar-refractivity contribution < 1.29 is 4.79 Å². The van der Waals surface area contributed by atoms with Gasteiger partial charge in [-0.3, -0.25) is 14.7 Å². The molecular weight excluding hydrogens is 386 g/mol. The van der Waals surface area contributed by atoms with E-state index in [1.165, 1.54) is 18.4 Å². The van der Waals surface area contributed by atoms with E-state index in [9.17, 15) is 4.79 Å². The summed E-state index contributed by atoms with van der Waals surface area (Å²) in [6, 6.07) is 10.1. The van der Waals surface area contributed by atoms with Gasteiger partial charge in [-0.25, -0.2) is 4.98 Å². The van der Waals surface area contributed by atoms with Crippen LogP contribution in [0.3, 0.4) is 0 Å². The van der Waals surface area contributed by atoms with Gasteiger partial charge in [-0.15, -0.1) is 0 Å². The summed E-state index contributed by atoms with van der Waals surface area (Å²) in [4.78, 5) is 30.1. The molecule has 2 aliphatic rings. The largest absolute Gasteiger partial charge is 0.342 e. The number of para-hydroxylation sites is 1. The van der Waals surface area contributed by atoms with Gasteiger partial charge in [0.25, 0.3) is 5.91 Å². The Bertz CT molecular complexity index is 1040. The van der Waals surface area contributed by atoms with Gasteiger partial charge in [0.2, 0.25) is 0 Å². The molecule has 31 heavy (non-hydrogen) atoms. The predicted octanol–water partition coefficient (Wildman–Crippen LogP) is 4.04. The van der Waals surface area contributed by atoms with E-state index in [0.717, 1.165) is 74.4 Å². The summed E-state index contributed by atoms with van der Waals surface area (Å²) < 4.78 is 0. The van der Waals surface area contributed by atoms with E-state index in [4.69, 9.17) is 0 Å². The Morgan fingerprint density at radius 3 is 2.55 bits per heavy atom. The lowest BCUT2D eigenvalue weighted by atomic mass is 9.71. The van der Waals surface area contributed by atoms with Crippen molar-refractivity contribution in [2.24, 2.45) is 5.41 Å². The predicted molar refractivity (Wildman–Crippen MR) is 122 cm³/mol. The van der Waals surface area contributed by atoms with Gasteiger partial charge >= 0.3 is 0 Å². The molecular formula is C25H31N5O. The van der Waals surface area contributed by atoms with Crippen LogP contribution in [0.4, 0.5) is 0 Å². The van der Waals surface area contributed by atoms with Crippen LogP contribution >= 0.6 is 0 Å². The number of rotatable bonds is 4. The summed E-state index contributed by atoms with van der Waals surface area (Å²) >= 11 is 0. The summed E-state index contributed by atoms with van der Waals surface area (Å²) in [5.74, 6) is 1.06. The highest BCUT2D eigenvalue weighted by molar-refractivity contribution is 6.04. The lowest BCUT2D eigenvalue weighted by Crippen LogP contribution is -2.48. The monoisotopic (exact) mass is 417 g/mol. The van der Waals surface area contributed by atoms with Crippen LogP contribution in [0, 0.1) is 5.41 Å². The molecule has 1 spiro atoms. The molecule has 0 radical (unpaired) electrons. The number of hydrogen-bond donors (Lipinski definition) is 1. The smallest absolute Gasteiger partial charge is 0.256 e. The number of imidazole rings is 1. The third-order valence-electron chi connectivity index (χ3n) is 7.28. The van der Waals surface area contributed by atoms with Crippen molar-refractivity contribution in [3.05, 3.63) is 59.7 Å². The zero-order chi connectivity index (χ0) is 21.3. The molecule has 0 unspecified atom stereocenters. The first-order valence-corrected chi connectivity index (χ1v) is 11.5. The maximum atomic E-state index is 13.3. The minimum atomic E-state index is 0.128. The number of amides is 1. The van der Waals surface area contributed by atoms with Crippen LogP contribution < -0.4 is 0 Å². The van der Waals surface area contributed by atoms with E-state index in [1.54, 1.807) is 0 Å². The second-order valence-corrected chi connectivity index (χ2v) is 9.17. The Morgan fingerprint density at radius 1 is 1.06 bits per heavy atom. The van der Waals surface area contributed by atoms with Crippen molar-refractivity contribution in [1.82, 2.24) is 24.8 Å². The molecule has 4 heterocycles. The van der Waals surface area contributed by atoms with E-state index in [1.807, 2.05) is 41.6 Å². The van der Waals surface area contributed by atoms with Crippen LogP contribution in [0.2, 0.25) is 0 Å². The van der Waals surface area contributed by atoms with Crippen LogP contribution in [-0.4, -0.2) is 56.8 Å². The number of aryl methyl sites for hydroxylation is 1. The molecule has 2 fully saturated rings. The van der Waals surface area contributed by atoms with E-state index in [0.29, 0.717) is 5.41 Å². The van der Waals surface area contributed by atoms with Gasteiger partial charge in [0.05, 0.1) is 11.1 Å². The third-order valence-corrected chi connectivity index (χ3v) is 7.28. The van der Waals surface area contributed by atoms with Gasteiger partial charge in [-0.2, -0.15) is 0 Å². The Labute approximate surface area is 183 Å². The molecule has 0 saturated carbocycles. The number of carbonyl (C=O) groups is 1. The van der Waals surface area contributed by atoms with Crippen molar-refractivity contribution in [3.63, 3.8) is 0 Å². The second-order valence-electron chi connectivity index (χ2n) is 9.17. The number of carbonyl (C=O) groups excluding carboxylic acids is 1. The van der Waals surface area contributed by atoms with E-state index in [-0.39, 0.29) is 5.91 Å². The topological polar surface area (TPSA) is 65.1 Å². The summed E-state index contributed by atoms with van der Waals surface area (Å²) in [5, 5.41) is 0. The fourth-order valence-corrected chi connectivity index (χ4v) is 5.21. The Morgan fingerprint density at radius 2 is 1.84 bits per heavy atom. The average Bonchev–Trinajstić information content (AvgIpc) is 3.25. The Kier molecular flexibility index (Phi) is 5.48. The van der Waals surface area contributed by atoms with Gasteiger partial charge in [0, 0.05) is 38.4 Å². The Balaban J connectivity index is 1.20. The number of nitrogens with zero attached hydrogens (tertiary/aromatic N) is 4. The number of aromatic amines is 1. The zero-order valence-electron chi connectivity index (χ0n) is 18.3. The lowest BCUT2D eigenvalue weighted by molar-refractivity contribution is 0.0286. The molecule has 0 atom stereocenters. The molecule has 2 aliphatic heterocycles. The molecule has 5 rings (SSSR count). The minimum absolute atomic E-state index is 0.128. The summed E-state index contributed by atoms with van der Waals surface area (Å²) in [5.41, 5.74) is 4.19. The summed E-state index contributed by atoms with van der Waals surface area (Å²) in [6.45, 7) is 7.03. The van der Waals surface area contributed by atoms with Gasteiger partial charge < -0.3 is 9.88 Å². The van der Waals surface area contributed by atoms with Crippen molar-refractivity contribution in [1.29, 1.82) is 0 Å². The first-order valence-electron chi connectivity index (χ1n) is 11.5. The fraction of sp³-hybridized carbons (Fsp3) is 0.480. The highest BCUT2D eigenvalue weighted by Gasteiger charge is 2.38. The molecule has 0 bridgehead atoms. The fourth-order valence-electron chi connectivity index (χ4n) is 5.21. The first kappa shape index (κ1) is 20.2. The summed E-state index contributed by atoms with van der Waals surface area (Å²) in [6.07, 6.45) is 9.31. The summed E-state index contributed by atoms with van der Waals surface area (Å²) in [7, 11) is 0. The van der Waals surface area contributed by atoms with Crippen molar-refractivity contribution in [2.75, 3.05) is 26.2 Å². The first-order chi connectivity index (χ1) is 15.2. The molecule has 162 valence electrons. The number of fused-ring (bicyclic) bond motifs is 1. The standard InChI is InChI=1S/C25H31N5O/c1-2-22-27-21-7-3-6-20(23(21)28-22)24(31)30-15-10-25(11-16-30)8-13-29(14-9-25)18-19-5-4-12-26-17-19/h3-7,12,17H,2,8-11,13-16,18H2,1H3,(H,27,28). The molecule has 2 aromatic heterocycles. The van der Waals surface area contributed by atoms with E-state index >= 15 is 0 Å². The second kappa shape index (κ2) is 8.42. The number of piperidine rings is 2. The van der Waals surface area contributed by atoms with Gasteiger partial charge in [0.15, 0.2) is 0 Å². The van der Waals surface area contributed by atoms with Gasteiger partial charge in [-0.1, -0.05) is 19.1 Å². The number of aromatic nitrogens is 3. The van der Waals surface area contributed by atoms with E-state index < -0.39 is 0 Å². The van der Waals surface area contributed by atoms with Crippen LogP contribution in [0.5, 0.6) is 0 Å². The van der Waals surface area contributed by atoms with Crippen LogP contribution in [0.25, 0.3) is 11.0 Å². The number of likely N-dealkylation sites (tertiary alicyclic amines) is 2. The SMILES string of the molecule is CCc1nc2c(C(=O)N3CCC4(CCN(Cc5cccnc5)CC4)CC3)cccc2[nH]1.